The van der Waals surface area contributed by atoms with Crippen LogP contribution in [0.15, 0.2) is 12.2 Å². The Morgan fingerprint density at radius 3 is 2.12 bits per heavy atom. The van der Waals surface area contributed by atoms with Crippen LogP contribution >= 0.6 is 0 Å². The van der Waals surface area contributed by atoms with Crippen molar-refractivity contribution in [3.63, 3.8) is 0 Å². The molecule has 0 aromatic rings. The summed E-state index contributed by atoms with van der Waals surface area (Å²) in [4.78, 5) is 11.9. The highest BCUT2D eigenvalue weighted by Crippen LogP contribution is 2.77. The van der Waals surface area contributed by atoms with E-state index in [1.165, 1.54) is 63.4 Å². The smallest absolute Gasteiger partial charge is 0.302 e. The first-order chi connectivity index (χ1) is 15.7. The number of hydrogen-bond donors (Lipinski definition) is 0. The van der Waals surface area contributed by atoms with Crippen LogP contribution < -0.4 is 0 Å². The second kappa shape index (κ2) is 7.61. The second-order valence-corrected chi connectivity index (χ2v) is 15.3. The summed E-state index contributed by atoms with van der Waals surface area (Å²) in [5, 5.41) is 0. The van der Waals surface area contributed by atoms with Gasteiger partial charge in [0.1, 0.15) is 6.10 Å². The van der Waals surface area contributed by atoms with Crippen LogP contribution in [0.25, 0.3) is 0 Å². The van der Waals surface area contributed by atoms with Gasteiger partial charge in [0.05, 0.1) is 0 Å². The SMILES string of the molecule is C=C(C)[C@@H]1CC[C@]2(C)CC[C@@]3(C)[C@H](CC[C@@H]4[C@@]5(C)CC[C@H](OC(C)=O)C(C)(C)[C@@H]5CC[C@]43C)[C@@H]12. The van der Waals surface area contributed by atoms with Gasteiger partial charge in [-0.3, -0.25) is 4.79 Å². The highest BCUT2D eigenvalue weighted by molar-refractivity contribution is 5.66. The molecule has 34 heavy (non-hydrogen) atoms. The lowest BCUT2D eigenvalue weighted by Crippen LogP contribution is -2.66. The molecule has 5 rings (SSSR count). The summed E-state index contributed by atoms with van der Waals surface area (Å²) in [6, 6.07) is 0. The van der Waals surface area contributed by atoms with E-state index < -0.39 is 0 Å². The molecular weight excluding hydrogens is 416 g/mol. The maximum atomic E-state index is 11.9. The van der Waals surface area contributed by atoms with Crippen LogP contribution in [0.5, 0.6) is 0 Å². The van der Waals surface area contributed by atoms with E-state index in [2.05, 4.69) is 55.0 Å². The zero-order valence-electron chi connectivity index (χ0n) is 23.6. The topological polar surface area (TPSA) is 26.3 Å². The molecule has 0 aliphatic heterocycles. The molecule has 5 fully saturated rings. The molecule has 2 heteroatoms. The van der Waals surface area contributed by atoms with Crippen molar-refractivity contribution in [2.24, 2.45) is 56.7 Å². The van der Waals surface area contributed by atoms with E-state index in [1.807, 2.05) is 0 Å². The number of ether oxygens (including phenoxy) is 1. The van der Waals surface area contributed by atoms with Gasteiger partial charge >= 0.3 is 5.97 Å². The third kappa shape index (κ3) is 3.08. The molecule has 192 valence electrons. The molecule has 0 bridgehead atoms. The highest BCUT2D eigenvalue weighted by atomic mass is 16.5. The average Bonchev–Trinajstić information content (AvgIpc) is 3.08. The normalized spacial score (nSPS) is 53.6. The Labute approximate surface area is 210 Å². The van der Waals surface area contributed by atoms with Crippen LogP contribution in [-0.4, -0.2) is 12.1 Å². The molecule has 5 saturated carbocycles. The molecule has 0 radical (unpaired) electrons. The van der Waals surface area contributed by atoms with Crippen LogP contribution in [0.4, 0.5) is 0 Å². The van der Waals surface area contributed by atoms with Gasteiger partial charge in [0.15, 0.2) is 0 Å². The number of hydrogen-bond acceptors (Lipinski definition) is 2. The van der Waals surface area contributed by atoms with Crippen molar-refractivity contribution in [3.8, 4) is 0 Å². The Morgan fingerprint density at radius 2 is 1.47 bits per heavy atom. The molecule has 0 unspecified atom stereocenters. The van der Waals surface area contributed by atoms with Crippen LogP contribution in [-0.2, 0) is 9.53 Å². The minimum Gasteiger partial charge on any atom is -0.462 e. The number of carbonyl (C=O) groups excluding carboxylic acids is 1. The summed E-state index contributed by atoms with van der Waals surface area (Å²) in [7, 11) is 0. The van der Waals surface area contributed by atoms with Gasteiger partial charge in [-0.2, -0.15) is 0 Å². The summed E-state index contributed by atoms with van der Waals surface area (Å²) in [5.41, 5.74) is 3.23. The molecule has 5 aliphatic rings. The number of allylic oxidation sites excluding steroid dienone is 1. The van der Waals surface area contributed by atoms with Gasteiger partial charge in [-0.15, -0.1) is 0 Å². The van der Waals surface area contributed by atoms with Crippen LogP contribution in [0.3, 0.4) is 0 Å². The Bertz CT molecular complexity index is 872. The Kier molecular flexibility index (Phi) is 5.57. The maximum Gasteiger partial charge on any atom is 0.302 e. The van der Waals surface area contributed by atoms with Crippen LogP contribution in [0, 0.1) is 56.7 Å². The van der Waals surface area contributed by atoms with Gasteiger partial charge in [0, 0.05) is 12.3 Å². The fraction of sp³-hybridized carbons (Fsp3) is 0.906. The van der Waals surface area contributed by atoms with Crippen LogP contribution in [0.1, 0.15) is 120 Å². The van der Waals surface area contributed by atoms with Crippen molar-refractivity contribution in [3.05, 3.63) is 12.2 Å². The van der Waals surface area contributed by atoms with E-state index in [1.54, 1.807) is 6.92 Å². The summed E-state index contributed by atoms with van der Waals surface area (Å²) in [5.74, 6) is 3.74. The van der Waals surface area contributed by atoms with Gasteiger partial charge in [0.2, 0.25) is 0 Å². The number of fused-ring (bicyclic) bond motifs is 7. The molecule has 0 amide bonds. The predicted molar refractivity (Wildman–Crippen MR) is 140 cm³/mol. The lowest BCUT2D eigenvalue weighted by molar-refractivity contribution is -0.248. The van der Waals surface area contributed by atoms with Gasteiger partial charge in [-0.1, -0.05) is 53.7 Å². The molecule has 0 saturated heterocycles. The molecule has 0 heterocycles. The quantitative estimate of drug-likeness (QED) is 0.299. The van der Waals surface area contributed by atoms with E-state index in [9.17, 15) is 4.79 Å². The molecule has 0 aromatic carbocycles. The average molecular weight is 469 g/mol. The van der Waals surface area contributed by atoms with E-state index in [4.69, 9.17) is 4.74 Å². The number of esters is 1. The maximum absolute atomic E-state index is 11.9. The van der Waals surface area contributed by atoms with Gasteiger partial charge in [-0.25, -0.2) is 0 Å². The predicted octanol–water partition coefficient (Wildman–Crippen LogP) is 8.60. The standard InChI is InChI=1S/C32H52O2/c1-20(2)22-12-15-29(6)18-19-31(8)23(27(22)29)10-11-25-30(7)16-14-26(34-21(3)33)28(4,5)24(30)13-17-32(25,31)9/h22-27H,1,10-19H2,2-9H3/t22-,23+,24-,25+,26-,27+,29+,30-,31-,32+/m0/s1. The minimum absolute atomic E-state index is 0.0550. The first-order valence-electron chi connectivity index (χ1n) is 14.5. The first kappa shape index (κ1) is 24.9. The Morgan fingerprint density at radius 1 is 0.765 bits per heavy atom. The summed E-state index contributed by atoms with van der Waals surface area (Å²) >= 11 is 0. The first-order valence-corrected chi connectivity index (χ1v) is 14.5. The summed E-state index contributed by atoms with van der Waals surface area (Å²) in [6.07, 6.45) is 13.4. The Hall–Kier alpha value is -0.790. The third-order valence-electron chi connectivity index (χ3n) is 13.7. The van der Waals surface area contributed by atoms with Crippen molar-refractivity contribution in [1.82, 2.24) is 0 Å². The van der Waals surface area contributed by atoms with E-state index >= 15 is 0 Å². The zero-order chi connectivity index (χ0) is 24.9. The van der Waals surface area contributed by atoms with E-state index in [0.29, 0.717) is 27.6 Å². The molecule has 5 aliphatic carbocycles. The molecule has 0 N–H and O–H groups in total. The minimum atomic E-state index is -0.107. The van der Waals surface area contributed by atoms with Crippen molar-refractivity contribution in [2.75, 3.05) is 0 Å². The fourth-order valence-electron chi connectivity index (χ4n) is 11.9. The fourth-order valence-corrected chi connectivity index (χ4v) is 11.9. The van der Waals surface area contributed by atoms with E-state index in [0.717, 1.165) is 30.1 Å². The van der Waals surface area contributed by atoms with Gasteiger partial charge in [-0.05, 0) is 122 Å². The highest BCUT2D eigenvalue weighted by Gasteiger charge is 2.70. The summed E-state index contributed by atoms with van der Waals surface area (Å²) < 4.78 is 5.91. The molecule has 10 atom stereocenters. The molecular formula is C32H52O2. The monoisotopic (exact) mass is 468 g/mol. The summed E-state index contributed by atoms with van der Waals surface area (Å²) in [6.45, 7) is 23.9. The Balaban J connectivity index is 1.50. The molecule has 2 nitrogen and oxygen atoms in total. The number of carbonyl (C=O) groups is 1. The van der Waals surface area contributed by atoms with Gasteiger partial charge < -0.3 is 4.74 Å². The lowest BCUT2D eigenvalue weighted by Gasteiger charge is -2.73. The zero-order valence-corrected chi connectivity index (χ0v) is 23.6. The number of rotatable bonds is 2. The van der Waals surface area contributed by atoms with Crippen molar-refractivity contribution in [2.45, 2.75) is 126 Å². The van der Waals surface area contributed by atoms with Gasteiger partial charge in [0.25, 0.3) is 0 Å². The van der Waals surface area contributed by atoms with Crippen LogP contribution in [0.2, 0.25) is 0 Å². The van der Waals surface area contributed by atoms with Crippen molar-refractivity contribution < 1.29 is 9.53 Å². The second-order valence-electron chi connectivity index (χ2n) is 15.3. The van der Waals surface area contributed by atoms with Crippen molar-refractivity contribution >= 4 is 5.97 Å². The molecule has 0 aromatic heterocycles. The third-order valence-corrected chi connectivity index (χ3v) is 13.7. The molecule has 0 spiro atoms. The lowest BCUT2D eigenvalue weighted by atomic mass is 9.32. The van der Waals surface area contributed by atoms with Crippen molar-refractivity contribution in [1.29, 1.82) is 0 Å². The largest absolute Gasteiger partial charge is 0.462 e. The van der Waals surface area contributed by atoms with E-state index in [-0.39, 0.29) is 17.5 Å².